The highest BCUT2D eigenvalue weighted by Gasteiger charge is 2.03. The Bertz CT molecular complexity index is 316. The molecule has 0 radical (unpaired) electrons. The molecule has 0 aliphatic heterocycles. The van der Waals surface area contributed by atoms with Crippen LogP contribution in [0, 0.1) is 0 Å². The average molecular weight is 280 g/mol. The lowest BCUT2D eigenvalue weighted by molar-refractivity contribution is -0.118. The van der Waals surface area contributed by atoms with Crippen molar-refractivity contribution >= 4 is 17.1 Å². The molecule has 1 rings (SSSR count). The lowest BCUT2D eigenvalue weighted by atomic mass is 10.0. The van der Waals surface area contributed by atoms with Crippen molar-refractivity contribution < 1.29 is 4.79 Å². The lowest BCUT2D eigenvalue weighted by Crippen LogP contribution is -2.01. The van der Waals surface area contributed by atoms with Gasteiger partial charge in [-0.15, -0.1) is 0 Å². The summed E-state index contributed by atoms with van der Waals surface area (Å²) in [6.07, 6.45) is 13.3. The van der Waals surface area contributed by atoms with Crippen LogP contribution in [0.5, 0.6) is 0 Å². The van der Waals surface area contributed by atoms with Crippen LogP contribution in [0.2, 0.25) is 0 Å². The molecule has 1 heterocycles. The highest BCUT2D eigenvalue weighted by molar-refractivity contribution is 7.07. The van der Waals surface area contributed by atoms with Crippen molar-refractivity contribution in [2.45, 2.75) is 77.6 Å². The molecule has 0 saturated heterocycles. The third kappa shape index (κ3) is 8.99. The number of thiophene rings is 1. The van der Waals surface area contributed by atoms with E-state index in [9.17, 15) is 4.79 Å². The van der Waals surface area contributed by atoms with Gasteiger partial charge in [-0.1, -0.05) is 58.3 Å². The van der Waals surface area contributed by atoms with Crippen molar-refractivity contribution in [2.24, 2.45) is 0 Å². The molecular formula is C17H28OS. The van der Waals surface area contributed by atoms with Crippen LogP contribution in [0.15, 0.2) is 16.8 Å². The second-order valence-electron chi connectivity index (χ2n) is 5.43. The number of Topliss-reactive ketones (excluding diaryl/α,β-unsaturated/α-hetero) is 1. The van der Waals surface area contributed by atoms with Gasteiger partial charge in [0.25, 0.3) is 0 Å². The molecule has 0 spiro atoms. The maximum absolute atomic E-state index is 11.7. The number of unbranched alkanes of at least 4 members (excludes halogenated alkanes) is 8. The van der Waals surface area contributed by atoms with Crippen LogP contribution in [0.3, 0.4) is 0 Å². The summed E-state index contributed by atoms with van der Waals surface area (Å²) in [6.45, 7) is 2.26. The quantitative estimate of drug-likeness (QED) is 0.443. The maximum atomic E-state index is 11.7. The van der Waals surface area contributed by atoms with E-state index in [0.29, 0.717) is 12.2 Å². The monoisotopic (exact) mass is 280 g/mol. The van der Waals surface area contributed by atoms with Crippen LogP contribution >= 0.6 is 11.3 Å². The molecule has 0 unspecified atom stereocenters. The number of hydrogen-bond donors (Lipinski definition) is 0. The number of hydrogen-bond acceptors (Lipinski definition) is 2. The van der Waals surface area contributed by atoms with Crippen molar-refractivity contribution in [3.05, 3.63) is 22.4 Å². The van der Waals surface area contributed by atoms with Crippen molar-refractivity contribution in [3.8, 4) is 0 Å². The number of carbonyl (C=O) groups excluding carboxylic acids is 1. The first-order chi connectivity index (χ1) is 9.33. The molecule has 0 amide bonds. The van der Waals surface area contributed by atoms with Crippen LogP contribution in [0.4, 0.5) is 0 Å². The van der Waals surface area contributed by atoms with E-state index in [-0.39, 0.29) is 0 Å². The number of rotatable bonds is 12. The summed E-state index contributed by atoms with van der Waals surface area (Å²) in [7, 11) is 0. The first-order valence-corrected chi connectivity index (χ1v) is 8.80. The molecule has 1 aromatic rings. The molecule has 108 valence electrons. The fraction of sp³-hybridized carbons (Fsp3) is 0.706. The average Bonchev–Trinajstić information content (AvgIpc) is 2.89. The van der Waals surface area contributed by atoms with Crippen molar-refractivity contribution in [3.63, 3.8) is 0 Å². The highest BCUT2D eigenvalue weighted by atomic mass is 32.1. The molecule has 0 atom stereocenters. The summed E-state index contributed by atoms with van der Waals surface area (Å²) in [5, 5.41) is 4.12. The predicted molar refractivity (Wildman–Crippen MR) is 84.9 cm³/mol. The Morgan fingerprint density at radius 2 is 1.63 bits per heavy atom. The molecule has 2 heteroatoms. The van der Waals surface area contributed by atoms with Crippen molar-refractivity contribution in [1.29, 1.82) is 0 Å². The standard InChI is InChI=1S/C17H28OS/c1-2-3-4-5-6-7-8-9-10-11-17(18)14-16-12-13-19-15-16/h12-13,15H,2-11,14H2,1H3. The van der Waals surface area contributed by atoms with Gasteiger partial charge in [-0.3, -0.25) is 4.79 Å². The smallest absolute Gasteiger partial charge is 0.137 e. The topological polar surface area (TPSA) is 17.1 Å². The molecule has 1 aromatic heterocycles. The predicted octanol–water partition coefficient (Wildman–Crippen LogP) is 5.78. The Morgan fingerprint density at radius 1 is 1.00 bits per heavy atom. The van der Waals surface area contributed by atoms with Crippen molar-refractivity contribution in [1.82, 2.24) is 0 Å². The summed E-state index contributed by atoms with van der Waals surface area (Å²) in [4.78, 5) is 11.7. The van der Waals surface area contributed by atoms with Gasteiger partial charge in [-0.2, -0.15) is 11.3 Å². The normalized spacial score (nSPS) is 10.8. The zero-order valence-electron chi connectivity index (χ0n) is 12.3. The molecule has 0 N–H and O–H groups in total. The zero-order chi connectivity index (χ0) is 13.8. The Balaban J connectivity index is 1.86. The molecule has 0 aliphatic rings. The second-order valence-corrected chi connectivity index (χ2v) is 6.21. The zero-order valence-corrected chi connectivity index (χ0v) is 13.1. The van der Waals surface area contributed by atoms with Crippen LogP contribution in [0.1, 0.15) is 76.7 Å². The fourth-order valence-electron chi connectivity index (χ4n) is 2.34. The SMILES string of the molecule is CCCCCCCCCCCC(=O)Cc1ccsc1. The van der Waals surface area contributed by atoms with E-state index >= 15 is 0 Å². The third-order valence-electron chi connectivity index (χ3n) is 3.54. The van der Waals surface area contributed by atoms with E-state index in [0.717, 1.165) is 12.8 Å². The van der Waals surface area contributed by atoms with E-state index in [1.54, 1.807) is 11.3 Å². The summed E-state index contributed by atoms with van der Waals surface area (Å²) < 4.78 is 0. The van der Waals surface area contributed by atoms with E-state index in [1.165, 1.54) is 56.9 Å². The molecule has 0 saturated carbocycles. The summed E-state index contributed by atoms with van der Waals surface area (Å²) >= 11 is 1.67. The summed E-state index contributed by atoms with van der Waals surface area (Å²) in [5.74, 6) is 0.404. The van der Waals surface area contributed by atoms with Crippen LogP contribution in [0.25, 0.3) is 0 Å². The highest BCUT2D eigenvalue weighted by Crippen LogP contribution is 2.12. The lowest BCUT2D eigenvalue weighted by Gasteiger charge is -2.02. The van der Waals surface area contributed by atoms with E-state index in [4.69, 9.17) is 0 Å². The van der Waals surface area contributed by atoms with Gasteiger partial charge in [-0.05, 0) is 28.8 Å². The molecule has 0 bridgehead atoms. The largest absolute Gasteiger partial charge is 0.299 e. The van der Waals surface area contributed by atoms with E-state index in [2.05, 4.69) is 18.4 Å². The fourth-order valence-corrected chi connectivity index (χ4v) is 3.01. The van der Waals surface area contributed by atoms with Crippen LogP contribution < -0.4 is 0 Å². The van der Waals surface area contributed by atoms with Gasteiger partial charge >= 0.3 is 0 Å². The Kier molecular flexibility index (Phi) is 9.70. The van der Waals surface area contributed by atoms with Crippen molar-refractivity contribution in [2.75, 3.05) is 0 Å². The summed E-state index contributed by atoms with van der Waals surface area (Å²) in [5.41, 5.74) is 1.19. The number of carbonyl (C=O) groups is 1. The van der Waals surface area contributed by atoms with Gasteiger partial charge in [0.05, 0.1) is 0 Å². The van der Waals surface area contributed by atoms with E-state index < -0.39 is 0 Å². The minimum atomic E-state index is 0.404. The Labute approximate surface area is 122 Å². The molecule has 19 heavy (non-hydrogen) atoms. The van der Waals surface area contributed by atoms with Crippen LogP contribution in [-0.4, -0.2) is 5.78 Å². The molecule has 0 aromatic carbocycles. The second kappa shape index (κ2) is 11.2. The molecular weight excluding hydrogens is 252 g/mol. The van der Waals surface area contributed by atoms with Gasteiger partial charge in [0.1, 0.15) is 5.78 Å². The first kappa shape index (κ1) is 16.4. The molecule has 1 nitrogen and oxygen atoms in total. The molecule has 0 fully saturated rings. The number of ketones is 1. The van der Waals surface area contributed by atoms with E-state index in [1.807, 2.05) is 5.38 Å². The maximum Gasteiger partial charge on any atom is 0.137 e. The minimum Gasteiger partial charge on any atom is -0.299 e. The Hall–Kier alpha value is -0.630. The first-order valence-electron chi connectivity index (χ1n) is 7.85. The van der Waals surface area contributed by atoms with Crippen LogP contribution in [-0.2, 0) is 11.2 Å². The van der Waals surface area contributed by atoms with Gasteiger partial charge in [0.2, 0.25) is 0 Å². The summed E-state index contributed by atoms with van der Waals surface area (Å²) in [6, 6.07) is 2.05. The Morgan fingerprint density at radius 3 is 2.21 bits per heavy atom. The van der Waals surface area contributed by atoms with Gasteiger partial charge in [0.15, 0.2) is 0 Å². The van der Waals surface area contributed by atoms with Gasteiger partial charge in [-0.25, -0.2) is 0 Å². The molecule has 0 aliphatic carbocycles. The third-order valence-corrected chi connectivity index (χ3v) is 4.27. The van der Waals surface area contributed by atoms with Gasteiger partial charge in [0, 0.05) is 12.8 Å². The minimum absolute atomic E-state index is 0.404. The van der Waals surface area contributed by atoms with Gasteiger partial charge < -0.3 is 0 Å².